The highest BCUT2D eigenvalue weighted by atomic mass is 15.1. The second-order valence-corrected chi connectivity index (χ2v) is 9.57. The highest BCUT2D eigenvalue weighted by Crippen LogP contribution is 2.41. The third-order valence-electron chi connectivity index (χ3n) is 7.61. The Bertz CT molecular complexity index is 1170. The lowest BCUT2D eigenvalue weighted by molar-refractivity contribution is 0.182. The van der Waals surface area contributed by atoms with E-state index in [4.69, 9.17) is 0 Å². The van der Waals surface area contributed by atoms with Crippen molar-refractivity contribution >= 4 is 17.1 Å². The van der Waals surface area contributed by atoms with Crippen LogP contribution in [0.5, 0.6) is 0 Å². The Morgan fingerprint density at radius 3 is 1.65 bits per heavy atom. The third-order valence-corrected chi connectivity index (χ3v) is 7.61. The van der Waals surface area contributed by atoms with Crippen molar-refractivity contribution in [3.8, 4) is 11.1 Å². The zero-order valence-corrected chi connectivity index (χ0v) is 20.3. The lowest BCUT2D eigenvalue weighted by Crippen LogP contribution is -2.40. The summed E-state index contributed by atoms with van der Waals surface area (Å²) in [7, 11) is 2.24. The summed E-state index contributed by atoms with van der Waals surface area (Å²) in [5.74, 6) is 0. The van der Waals surface area contributed by atoms with Crippen molar-refractivity contribution < 1.29 is 0 Å². The molecule has 4 aromatic carbocycles. The SMILES string of the molecule is CCC1(c2ccc(N(c3ccccc3)c3ccc(-c4ccccc4)cc3)cc2)CCN(C)CC1. The molecule has 2 heteroatoms. The Morgan fingerprint density at radius 1 is 0.618 bits per heavy atom. The molecule has 1 saturated heterocycles. The van der Waals surface area contributed by atoms with Crippen LogP contribution in [0.2, 0.25) is 0 Å². The quantitative estimate of drug-likeness (QED) is 0.294. The van der Waals surface area contributed by atoms with Crippen molar-refractivity contribution in [3.63, 3.8) is 0 Å². The van der Waals surface area contributed by atoms with Gasteiger partial charge in [-0.1, -0.05) is 79.7 Å². The Labute approximate surface area is 204 Å². The Kier molecular flexibility index (Phi) is 6.51. The molecule has 4 aromatic rings. The molecule has 0 spiro atoms. The van der Waals surface area contributed by atoms with Gasteiger partial charge in [-0.3, -0.25) is 0 Å². The first-order chi connectivity index (χ1) is 16.7. The van der Waals surface area contributed by atoms with Crippen LogP contribution in [0.4, 0.5) is 17.1 Å². The van der Waals surface area contributed by atoms with Crippen molar-refractivity contribution in [2.45, 2.75) is 31.6 Å². The van der Waals surface area contributed by atoms with Gasteiger partial charge in [0, 0.05) is 17.1 Å². The Morgan fingerprint density at radius 2 is 1.09 bits per heavy atom. The van der Waals surface area contributed by atoms with Crippen LogP contribution < -0.4 is 4.90 Å². The van der Waals surface area contributed by atoms with Gasteiger partial charge in [-0.15, -0.1) is 0 Å². The van der Waals surface area contributed by atoms with E-state index in [1.165, 1.54) is 66.1 Å². The number of rotatable bonds is 6. The van der Waals surface area contributed by atoms with E-state index >= 15 is 0 Å². The van der Waals surface area contributed by atoms with Crippen molar-refractivity contribution in [2.75, 3.05) is 25.0 Å². The van der Waals surface area contributed by atoms with E-state index in [-0.39, 0.29) is 0 Å². The summed E-state index contributed by atoms with van der Waals surface area (Å²) in [4.78, 5) is 4.81. The fourth-order valence-electron chi connectivity index (χ4n) is 5.31. The van der Waals surface area contributed by atoms with Gasteiger partial charge in [0.2, 0.25) is 0 Å². The first kappa shape index (κ1) is 22.4. The summed E-state index contributed by atoms with van der Waals surface area (Å²) >= 11 is 0. The standard InChI is InChI=1S/C32H34N2/c1-3-32(22-24-33(2)25-23-32)28-16-20-31(21-17-28)34(29-12-8-5-9-13-29)30-18-14-27(15-19-30)26-10-6-4-7-11-26/h4-21H,3,22-25H2,1-2H3. The number of nitrogens with zero attached hydrogens (tertiary/aromatic N) is 2. The van der Waals surface area contributed by atoms with Gasteiger partial charge in [-0.05, 0) is 97.9 Å². The zero-order chi connectivity index (χ0) is 23.4. The molecule has 0 atom stereocenters. The van der Waals surface area contributed by atoms with Crippen LogP contribution in [0.15, 0.2) is 109 Å². The molecule has 1 aliphatic heterocycles. The Hall–Kier alpha value is -3.36. The predicted octanol–water partition coefficient (Wildman–Crippen LogP) is 8.20. The van der Waals surface area contributed by atoms with Crippen LogP contribution >= 0.6 is 0 Å². The summed E-state index contributed by atoms with van der Waals surface area (Å²) in [6.07, 6.45) is 3.68. The number of benzene rings is 4. The Balaban J connectivity index is 1.49. The van der Waals surface area contributed by atoms with Gasteiger partial charge in [0.05, 0.1) is 0 Å². The molecule has 0 aliphatic carbocycles. The van der Waals surface area contributed by atoms with Crippen LogP contribution in [-0.2, 0) is 5.41 Å². The van der Waals surface area contributed by atoms with Gasteiger partial charge in [0.15, 0.2) is 0 Å². The van der Waals surface area contributed by atoms with E-state index < -0.39 is 0 Å². The maximum atomic E-state index is 2.46. The lowest BCUT2D eigenvalue weighted by atomic mass is 9.71. The van der Waals surface area contributed by atoms with E-state index in [2.05, 4.69) is 133 Å². The summed E-state index contributed by atoms with van der Waals surface area (Å²) < 4.78 is 0. The first-order valence-corrected chi connectivity index (χ1v) is 12.5. The molecule has 0 bridgehead atoms. The van der Waals surface area contributed by atoms with Crippen molar-refractivity contribution in [3.05, 3.63) is 115 Å². The van der Waals surface area contributed by atoms with Crippen LogP contribution in [0.3, 0.4) is 0 Å². The monoisotopic (exact) mass is 446 g/mol. The first-order valence-electron chi connectivity index (χ1n) is 12.5. The topological polar surface area (TPSA) is 6.48 Å². The molecular weight excluding hydrogens is 412 g/mol. The minimum absolute atomic E-state index is 0.306. The highest BCUT2D eigenvalue weighted by molar-refractivity contribution is 5.78. The molecule has 5 rings (SSSR count). The number of hydrogen-bond acceptors (Lipinski definition) is 2. The zero-order valence-electron chi connectivity index (χ0n) is 20.3. The van der Waals surface area contributed by atoms with Gasteiger partial charge in [0.25, 0.3) is 0 Å². The summed E-state index contributed by atoms with van der Waals surface area (Å²) in [6, 6.07) is 39.5. The minimum atomic E-state index is 0.306. The number of anilines is 3. The molecule has 2 nitrogen and oxygen atoms in total. The largest absolute Gasteiger partial charge is 0.311 e. The number of para-hydroxylation sites is 1. The van der Waals surface area contributed by atoms with Gasteiger partial charge in [-0.2, -0.15) is 0 Å². The molecule has 172 valence electrons. The minimum Gasteiger partial charge on any atom is -0.311 e. The maximum Gasteiger partial charge on any atom is 0.0462 e. The fraction of sp³-hybridized carbons (Fsp3) is 0.250. The van der Waals surface area contributed by atoms with Crippen molar-refractivity contribution in [1.82, 2.24) is 4.90 Å². The van der Waals surface area contributed by atoms with Crippen LogP contribution in [0.25, 0.3) is 11.1 Å². The summed E-state index contributed by atoms with van der Waals surface area (Å²) in [5, 5.41) is 0. The van der Waals surface area contributed by atoms with Crippen LogP contribution in [0, 0.1) is 0 Å². The molecule has 0 saturated carbocycles. The molecule has 34 heavy (non-hydrogen) atoms. The lowest BCUT2D eigenvalue weighted by Gasteiger charge is -2.41. The maximum absolute atomic E-state index is 2.46. The normalized spacial score (nSPS) is 15.7. The summed E-state index contributed by atoms with van der Waals surface area (Å²) in [6.45, 7) is 4.71. The molecule has 0 unspecified atom stereocenters. The van der Waals surface area contributed by atoms with Gasteiger partial charge >= 0.3 is 0 Å². The molecule has 0 aromatic heterocycles. The number of hydrogen-bond donors (Lipinski definition) is 0. The van der Waals surface area contributed by atoms with Crippen molar-refractivity contribution in [2.24, 2.45) is 0 Å². The van der Waals surface area contributed by atoms with E-state index in [1.54, 1.807) is 0 Å². The molecule has 1 aliphatic rings. The second-order valence-electron chi connectivity index (χ2n) is 9.57. The van der Waals surface area contributed by atoms with E-state index in [0.29, 0.717) is 5.41 Å². The number of likely N-dealkylation sites (tertiary alicyclic amines) is 1. The van der Waals surface area contributed by atoms with E-state index in [9.17, 15) is 0 Å². The smallest absolute Gasteiger partial charge is 0.0462 e. The van der Waals surface area contributed by atoms with Gasteiger partial charge < -0.3 is 9.80 Å². The predicted molar refractivity (Wildman–Crippen MR) is 145 cm³/mol. The van der Waals surface area contributed by atoms with E-state index in [1.807, 2.05) is 0 Å². The molecular formula is C32H34N2. The second kappa shape index (κ2) is 9.87. The molecule has 0 N–H and O–H groups in total. The third kappa shape index (κ3) is 4.51. The average Bonchev–Trinajstić information content (AvgIpc) is 2.92. The highest BCUT2D eigenvalue weighted by Gasteiger charge is 2.33. The van der Waals surface area contributed by atoms with Crippen LogP contribution in [-0.4, -0.2) is 25.0 Å². The van der Waals surface area contributed by atoms with Gasteiger partial charge in [0.1, 0.15) is 0 Å². The average molecular weight is 447 g/mol. The van der Waals surface area contributed by atoms with Gasteiger partial charge in [-0.25, -0.2) is 0 Å². The number of piperidine rings is 1. The molecule has 0 amide bonds. The van der Waals surface area contributed by atoms with Crippen LogP contribution in [0.1, 0.15) is 31.7 Å². The fourth-order valence-corrected chi connectivity index (χ4v) is 5.31. The van der Waals surface area contributed by atoms with Crippen molar-refractivity contribution in [1.29, 1.82) is 0 Å². The molecule has 0 radical (unpaired) electrons. The molecule has 1 fully saturated rings. The molecule has 1 heterocycles. The summed E-state index contributed by atoms with van der Waals surface area (Å²) in [5.41, 5.74) is 7.81. The van der Waals surface area contributed by atoms with E-state index in [0.717, 1.165) is 0 Å².